The molecule has 1 amide bonds. The van der Waals surface area contributed by atoms with Gasteiger partial charge in [-0.05, 0) is 29.0 Å². The molecule has 148 valence electrons. The predicted molar refractivity (Wildman–Crippen MR) is 111 cm³/mol. The highest BCUT2D eigenvalue weighted by molar-refractivity contribution is 7.13. The molecule has 1 fully saturated rings. The van der Waals surface area contributed by atoms with Crippen molar-refractivity contribution in [3.05, 3.63) is 52.7 Å². The van der Waals surface area contributed by atoms with Crippen LogP contribution >= 0.6 is 22.7 Å². The van der Waals surface area contributed by atoms with E-state index in [9.17, 15) is 4.79 Å². The molecule has 0 aliphatic carbocycles. The lowest BCUT2D eigenvalue weighted by atomic mass is 10.2. The third-order valence-electron chi connectivity index (χ3n) is 4.81. The van der Waals surface area contributed by atoms with Crippen LogP contribution in [0.25, 0.3) is 21.3 Å². The molecule has 0 unspecified atom stereocenters. The second-order valence-electron chi connectivity index (χ2n) is 6.70. The number of nitrogens with zero attached hydrogens (tertiary/aromatic N) is 5. The van der Waals surface area contributed by atoms with E-state index >= 15 is 0 Å². The lowest BCUT2D eigenvalue weighted by Gasteiger charge is -2.33. The predicted octanol–water partition coefficient (Wildman–Crippen LogP) is 3.21. The van der Waals surface area contributed by atoms with E-state index in [1.54, 1.807) is 22.7 Å². The number of thiophene rings is 2. The summed E-state index contributed by atoms with van der Waals surface area (Å²) in [7, 11) is 0. The number of nitrogens with one attached hydrogen (secondary N) is 1. The molecule has 29 heavy (non-hydrogen) atoms. The Morgan fingerprint density at radius 1 is 1.10 bits per heavy atom. The van der Waals surface area contributed by atoms with Crippen molar-refractivity contribution in [2.75, 3.05) is 26.2 Å². The molecule has 0 radical (unpaired) electrons. The lowest BCUT2D eigenvalue weighted by molar-refractivity contribution is 0.0609. The van der Waals surface area contributed by atoms with Gasteiger partial charge >= 0.3 is 0 Å². The molecule has 0 aromatic carbocycles. The van der Waals surface area contributed by atoms with Crippen LogP contribution in [0.4, 0.5) is 0 Å². The third-order valence-corrected chi connectivity index (χ3v) is 6.58. The van der Waals surface area contributed by atoms with Gasteiger partial charge in [0.1, 0.15) is 0 Å². The van der Waals surface area contributed by atoms with Crippen LogP contribution in [0.1, 0.15) is 16.4 Å². The smallest absolute Gasteiger partial charge is 0.274 e. The van der Waals surface area contributed by atoms with Gasteiger partial charge in [-0.15, -0.1) is 22.7 Å². The van der Waals surface area contributed by atoms with E-state index in [0.29, 0.717) is 37.0 Å². The van der Waals surface area contributed by atoms with Crippen molar-refractivity contribution in [3.63, 3.8) is 0 Å². The van der Waals surface area contributed by atoms with E-state index in [1.807, 2.05) is 46.0 Å². The summed E-state index contributed by atoms with van der Waals surface area (Å²) in [5, 5.41) is 15.2. The summed E-state index contributed by atoms with van der Waals surface area (Å²) in [4.78, 5) is 23.4. The molecule has 5 heterocycles. The van der Waals surface area contributed by atoms with Gasteiger partial charge in [0.25, 0.3) is 5.91 Å². The SMILES string of the molecule is O=C(c1cc(-c2cccs2)[nH]n1)N1CCN(Cc2nc(-c3cccs3)no2)CC1. The summed E-state index contributed by atoms with van der Waals surface area (Å²) >= 11 is 3.20. The summed E-state index contributed by atoms with van der Waals surface area (Å²) < 4.78 is 5.38. The molecule has 1 N–H and O–H groups in total. The normalized spacial score (nSPS) is 15.1. The fraction of sp³-hybridized carbons (Fsp3) is 0.263. The number of carbonyl (C=O) groups is 1. The minimum absolute atomic E-state index is 0.0403. The van der Waals surface area contributed by atoms with Gasteiger partial charge in [-0.3, -0.25) is 14.8 Å². The van der Waals surface area contributed by atoms with Gasteiger partial charge < -0.3 is 9.42 Å². The summed E-state index contributed by atoms with van der Waals surface area (Å²) in [5.74, 6) is 1.19. The molecule has 1 aliphatic rings. The summed E-state index contributed by atoms with van der Waals surface area (Å²) in [6, 6.07) is 9.75. The van der Waals surface area contributed by atoms with Crippen molar-refractivity contribution in [1.29, 1.82) is 0 Å². The van der Waals surface area contributed by atoms with E-state index in [1.165, 1.54) is 0 Å². The number of hydrogen-bond acceptors (Lipinski definition) is 8. The minimum Gasteiger partial charge on any atom is -0.338 e. The zero-order valence-corrected chi connectivity index (χ0v) is 17.1. The maximum absolute atomic E-state index is 12.8. The second-order valence-corrected chi connectivity index (χ2v) is 8.60. The largest absolute Gasteiger partial charge is 0.338 e. The van der Waals surface area contributed by atoms with Crippen LogP contribution in [0.2, 0.25) is 0 Å². The van der Waals surface area contributed by atoms with Gasteiger partial charge in [0, 0.05) is 26.2 Å². The van der Waals surface area contributed by atoms with Crippen LogP contribution in [-0.4, -0.2) is 62.2 Å². The standard InChI is InChI=1S/C19H18N6O2S2/c26-19(14-11-13(21-22-14)15-3-1-9-28-15)25-7-5-24(6-8-25)12-17-20-18(23-27-17)16-4-2-10-29-16/h1-4,9-11H,5-8,12H2,(H,21,22). The van der Waals surface area contributed by atoms with Crippen LogP contribution in [0.3, 0.4) is 0 Å². The fourth-order valence-corrected chi connectivity index (χ4v) is 4.62. The zero-order valence-electron chi connectivity index (χ0n) is 15.4. The molecule has 4 aromatic heterocycles. The zero-order chi connectivity index (χ0) is 19.6. The number of H-pyrrole nitrogens is 1. The number of hydrogen-bond donors (Lipinski definition) is 1. The highest BCUT2D eigenvalue weighted by Crippen LogP contribution is 2.24. The number of aromatic amines is 1. The van der Waals surface area contributed by atoms with Gasteiger partial charge in [0.05, 0.1) is 22.0 Å². The summed E-state index contributed by atoms with van der Waals surface area (Å²) in [6.07, 6.45) is 0. The van der Waals surface area contributed by atoms with Crippen LogP contribution in [0, 0.1) is 0 Å². The van der Waals surface area contributed by atoms with Crippen LogP contribution in [-0.2, 0) is 6.54 Å². The Kier molecular flexibility index (Phi) is 4.96. The van der Waals surface area contributed by atoms with Gasteiger partial charge in [-0.2, -0.15) is 10.1 Å². The van der Waals surface area contributed by atoms with Crippen molar-refractivity contribution in [1.82, 2.24) is 30.1 Å². The number of piperazine rings is 1. The van der Waals surface area contributed by atoms with Gasteiger partial charge in [-0.25, -0.2) is 0 Å². The molecule has 5 rings (SSSR count). The Morgan fingerprint density at radius 3 is 2.59 bits per heavy atom. The molecule has 1 aliphatic heterocycles. The Bertz CT molecular complexity index is 1080. The van der Waals surface area contributed by atoms with Crippen LogP contribution in [0.5, 0.6) is 0 Å². The van der Waals surface area contributed by atoms with E-state index in [2.05, 4.69) is 25.2 Å². The monoisotopic (exact) mass is 426 g/mol. The molecule has 0 spiro atoms. The number of amides is 1. The average Bonchev–Trinajstić information content (AvgIpc) is 3.55. The molecular weight excluding hydrogens is 408 g/mol. The first kappa shape index (κ1) is 18.2. The van der Waals surface area contributed by atoms with Crippen LogP contribution < -0.4 is 0 Å². The Balaban J connectivity index is 1.17. The first-order valence-electron chi connectivity index (χ1n) is 9.23. The maximum Gasteiger partial charge on any atom is 0.274 e. The van der Waals surface area contributed by atoms with Crippen molar-refractivity contribution >= 4 is 28.6 Å². The average molecular weight is 427 g/mol. The Morgan fingerprint density at radius 2 is 1.86 bits per heavy atom. The fourth-order valence-electron chi connectivity index (χ4n) is 3.28. The van der Waals surface area contributed by atoms with E-state index in [-0.39, 0.29) is 5.91 Å². The quantitative estimate of drug-likeness (QED) is 0.527. The summed E-state index contributed by atoms with van der Waals surface area (Å²) in [6.45, 7) is 3.39. The molecule has 0 saturated carbocycles. The van der Waals surface area contributed by atoms with Crippen molar-refractivity contribution < 1.29 is 9.32 Å². The van der Waals surface area contributed by atoms with Gasteiger partial charge in [-0.1, -0.05) is 17.3 Å². The number of aromatic nitrogens is 4. The second kappa shape index (κ2) is 7.90. The van der Waals surface area contributed by atoms with Crippen molar-refractivity contribution in [2.24, 2.45) is 0 Å². The maximum atomic E-state index is 12.8. The Hall–Kier alpha value is -2.82. The van der Waals surface area contributed by atoms with E-state index in [0.717, 1.165) is 28.5 Å². The first-order valence-corrected chi connectivity index (χ1v) is 11.0. The number of rotatable bonds is 5. The summed E-state index contributed by atoms with van der Waals surface area (Å²) in [5.41, 5.74) is 1.33. The van der Waals surface area contributed by atoms with E-state index < -0.39 is 0 Å². The molecule has 8 nitrogen and oxygen atoms in total. The third kappa shape index (κ3) is 3.86. The molecule has 10 heteroatoms. The van der Waals surface area contributed by atoms with Gasteiger partial charge in [0.15, 0.2) is 5.69 Å². The molecule has 0 atom stereocenters. The van der Waals surface area contributed by atoms with Crippen molar-refractivity contribution in [3.8, 4) is 21.3 Å². The van der Waals surface area contributed by atoms with E-state index in [4.69, 9.17) is 4.52 Å². The minimum atomic E-state index is -0.0403. The molecule has 0 bridgehead atoms. The molecule has 1 saturated heterocycles. The molecular formula is C19H18N6O2S2. The highest BCUT2D eigenvalue weighted by atomic mass is 32.1. The lowest BCUT2D eigenvalue weighted by Crippen LogP contribution is -2.48. The highest BCUT2D eigenvalue weighted by Gasteiger charge is 2.25. The first-order chi connectivity index (χ1) is 14.3. The Labute approximate surface area is 174 Å². The molecule has 4 aromatic rings. The number of carbonyl (C=O) groups excluding carboxylic acids is 1. The topological polar surface area (TPSA) is 91.2 Å². The van der Waals surface area contributed by atoms with Crippen LogP contribution in [0.15, 0.2) is 45.6 Å². The van der Waals surface area contributed by atoms with Gasteiger partial charge in [0.2, 0.25) is 11.7 Å². The van der Waals surface area contributed by atoms with Crippen molar-refractivity contribution in [2.45, 2.75) is 6.54 Å².